The normalized spacial score (nSPS) is 18.7. The van der Waals surface area contributed by atoms with Crippen LogP contribution in [0.1, 0.15) is 50.3 Å². The summed E-state index contributed by atoms with van der Waals surface area (Å²) in [6.07, 6.45) is 1.55. The van der Waals surface area contributed by atoms with Crippen LogP contribution >= 0.6 is 0 Å². The predicted octanol–water partition coefficient (Wildman–Crippen LogP) is 4.88. The molecule has 0 aromatic heterocycles. The van der Waals surface area contributed by atoms with Crippen molar-refractivity contribution in [3.63, 3.8) is 0 Å². The minimum absolute atomic E-state index is 0.0933. The molecule has 1 aliphatic heterocycles. The highest BCUT2D eigenvalue weighted by atomic mass is 16.6. The van der Waals surface area contributed by atoms with Crippen molar-refractivity contribution in [2.75, 3.05) is 13.2 Å². The minimum Gasteiger partial charge on any atom is -0.445 e. The first-order valence-corrected chi connectivity index (χ1v) is 10.5. The van der Waals surface area contributed by atoms with Crippen LogP contribution in [0.3, 0.4) is 0 Å². The van der Waals surface area contributed by atoms with E-state index >= 15 is 0 Å². The van der Waals surface area contributed by atoms with Crippen LogP contribution in [0.2, 0.25) is 0 Å². The van der Waals surface area contributed by atoms with E-state index in [1.165, 1.54) is 0 Å². The topological polar surface area (TPSA) is 65.1 Å². The van der Waals surface area contributed by atoms with E-state index in [2.05, 4.69) is 0 Å². The van der Waals surface area contributed by atoms with Crippen molar-refractivity contribution < 1.29 is 23.8 Å². The van der Waals surface area contributed by atoms with Crippen molar-refractivity contribution in [2.45, 2.75) is 51.9 Å². The molecule has 1 heterocycles. The quantitative estimate of drug-likeness (QED) is 0.480. The van der Waals surface area contributed by atoms with Gasteiger partial charge in [0.25, 0.3) is 0 Å². The lowest BCUT2D eigenvalue weighted by Gasteiger charge is -2.38. The minimum atomic E-state index is -0.333. The van der Waals surface area contributed by atoms with E-state index in [0.717, 1.165) is 17.5 Å². The van der Waals surface area contributed by atoms with Crippen LogP contribution in [0, 0.1) is 0 Å². The number of carbonyl (C=O) groups is 2. The molecule has 30 heavy (non-hydrogen) atoms. The van der Waals surface area contributed by atoms with Crippen LogP contribution in [0.5, 0.6) is 5.75 Å². The molecule has 2 atom stereocenters. The van der Waals surface area contributed by atoms with Gasteiger partial charge >= 0.3 is 12.1 Å². The summed E-state index contributed by atoms with van der Waals surface area (Å²) < 4.78 is 16.7. The largest absolute Gasteiger partial charge is 0.445 e. The molecule has 160 valence electrons. The van der Waals surface area contributed by atoms with Crippen molar-refractivity contribution in [1.29, 1.82) is 0 Å². The number of esters is 1. The van der Waals surface area contributed by atoms with Crippen LogP contribution < -0.4 is 4.74 Å². The lowest BCUT2D eigenvalue weighted by Crippen LogP contribution is -2.43. The molecule has 0 spiro atoms. The summed E-state index contributed by atoms with van der Waals surface area (Å²) >= 11 is 0. The van der Waals surface area contributed by atoms with Gasteiger partial charge in [0.15, 0.2) is 0 Å². The fraction of sp³-hybridized carbons (Fsp3) is 0.417. The average Bonchev–Trinajstić information content (AvgIpc) is 2.79. The third kappa shape index (κ3) is 5.83. The maximum atomic E-state index is 12.9. The van der Waals surface area contributed by atoms with Crippen molar-refractivity contribution >= 4 is 12.1 Å². The van der Waals surface area contributed by atoms with Crippen LogP contribution in [0.25, 0.3) is 0 Å². The van der Waals surface area contributed by atoms with E-state index in [1.807, 2.05) is 49.4 Å². The Morgan fingerprint density at radius 3 is 2.43 bits per heavy atom. The van der Waals surface area contributed by atoms with Crippen molar-refractivity contribution in [1.82, 2.24) is 4.90 Å². The van der Waals surface area contributed by atoms with Crippen LogP contribution in [0.4, 0.5) is 4.79 Å². The summed E-state index contributed by atoms with van der Waals surface area (Å²) in [6.45, 7) is 5.18. The molecule has 6 heteroatoms. The molecule has 2 aromatic carbocycles. The predicted molar refractivity (Wildman–Crippen MR) is 113 cm³/mol. The van der Waals surface area contributed by atoms with Crippen LogP contribution in [-0.2, 0) is 20.9 Å². The number of hydrogen-bond donors (Lipinski definition) is 0. The van der Waals surface area contributed by atoms with Gasteiger partial charge in [-0.2, -0.15) is 0 Å². The third-order valence-electron chi connectivity index (χ3n) is 5.18. The van der Waals surface area contributed by atoms with Gasteiger partial charge in [0, 0.05) is 19.6 Å². The van der Waals surface area contributed by atoms with Gasteiger partial charge in [0.2, 0.25) is 0 Å². The second-order valence-electron chi connectivity index (χ2n) is 7.25. The first-order chi connectivity index (χ1) is 14.6. The number of hydrogen-bond acceptors (Lipinski definition) is 5. The summed E-state index contributed by atoms with van der Waals surface area (Å²) in [4.78, 5) is 26.1. The molecular weight excluding hydrogens is 382 g/mol. The zero-order valence-corrected chi connectivity index (χ0v) is 17.6. The summed E-state index contributed by atoms with van der Waals surface area (Å²) in [5.74, 6) is 0.226. The zero-order chi connectivity index (χ0) is 21.3. The highest BCUT2D eigenvalue weighted by Gasteiger charge is 2.34. The summed E-state index contributed by atoms with van der Waals surface area (Å²) in [5, 5.41) is 0. The van der Waals surface area contributed by atoms with Gasteiger partial charge in [-0.1, -0.05) is 49.4 Å². The Bertz CT molecular complexity index is 821. The average molecular weight is 411 g/mol. The molecule has 1 saturated heterocycles. The Labute approximate surface area is 177 Å². The van der Waals surface area contributed by atoms with Gasteiger partial charge in [-0.15, -0.1) is 0 Å². The van der Waals surface area contributed by atoms with Gasteiger partial charge in [-0.05, 0) is 43.0 Å². The maximum absolute atomic E-state index is 12.9. The SMILES string of the molecule is CCO[C@@H]1CCN(C(=O)OCc2ccccc2)[C@@H](c2ccc(OC(=O)CC)cc2)C1. The molecule has 0 aliphatic carbocycles. The van der Waals surface area contributed by atoms with E-state index in [-0.39, 0.29) is 30.8 Å². The molecule has 0 saturated carbocycles. The monoisotopic (exact) mass is 411 g/mol. The first-order valence-electron chi connectivity index (χ1n) is 10.5. The number of piperidine rings is 1. The zero-order valence-electron chi connectivity index (χ0n) is 17.6. The lowest BCUT2D eigenvalue weighted by molar-refractivity contribution is -0.134. The van der Waals surface area contributed by atoms with Crippen LogP contribution in [0.15, 0.2) is 54.6 Å². The first kappa shape index (κ1) is 21.8. The summed E-state index contributed by atoms with van der Waals surface area (Å²) in [7, 11) is 0. The molecule has 0 unspecified atom stereocenters. The van der Waals surface area contributed by atoms with Crippen molar-refractivity contribution in [2.24, 2.45) is 0 Å². The summed E-state index contributed by atoms with van der Waals surface area (Å²) in [6, 6.07) is 16.8. The van der Waals surface area contributed by atoms with E-state index in [1.54, 1.807) is 24.0 Å². The Morgan fingerprint density at radius 1 is 1.03 bits per heavy atom. The second kappa shape index (κ2) is 10.8. The Kier molecular flexibility index (Phi) is 7.85. The molecular formula is C24H29NO5. The standard InChI is InChI=1S/C24H29NO5/c1-3-23(26)30-20-12-10-19(11-13-20)22-16-21(28-4-2)14-15-25(22)24(27)29-17-18-8-6-5-7-9-18/h5-13,21-22H,3-4,14-17H2,1-2H3/t21-,22-/m1/s1. The number of rotatable bonds is 7. The Morgan fingerprint density at radius 2 is 1.77 bits per heavy atom. The molecule has 2 aromatic rings. The van der Waals surface area contributed by atoms with Gasteiger partial charge in [0.05, 0.1) is 12.1 Å². The molecule has 1 amide bonds. The molecule has 0 N–H and O–H groups in total. The van der Waals surface area contributed by atoms with Gasteiger partial charge in [-0.25, -0.2) is 4.79 Å². The van der Waals surface area contributed by atoms with E-state index in [4.69, 9.17) is 14.2 Å². The molecule has 6 nitrogen and oxygen atoms in total. The third-order valence-corrected chi connectivity index (χ3v) is 5.18. The van der Waals surface area contributed by atoms with Crippen molar-refractivity contribution in [3.05, 3.63) is 65.7 Å². The smallest absolute Gasteiger partial charge is 0.410 e. The Balaban J connectivity index is 1.72. The number of likely N-dealkylation sites (tertiary alicyclic amines) is 1. The highest BCUT2D eigenvalue weighted by molar-refractivity contribution is 5.72. The fourth-order valence-corrected chi connectivity index (χ4v) is 3.62. The molecule has 1 aliphatic rings. The van der Waals surface area contributed by atoms with E-state index in [0.29, 0.717) is 31.7 Å². The molecule has 0 bridgehead atoms. The second-order valence-corrected chi connectivity index (χ2v) is 7.25. The lowest BCUT2D eigenvalue weighted by atomic mass is 9.93. The molecule has 3 rings (SSSR count). The van der Waals surface area contributed by atoms with Gasteiger partial charge < -0.3 is 19.1 Å². The molecule has 0 radical (unpaired) electrons. The van der Waals surface area contributed by atoms with E-state index in [9.17, 15) is 9.59 Å². The molecule has 1 fully saturated rings. The number of carbonyl (C=O) groups excluding carboxylic acids is 2. The van der Waals surface area contributed by atoms with Crippen molar-refractivity contribution in [3.8, 4) is 5.75 Å². The summed E-state index contributed by atoms with van der Waals surface area (Å²) in [5.41, 5.74) is 1.92. The maximum Gasteiger partial charge on any atom is 0.410 e. The number of ether oxygens (including phenoxy) is 3. The highest BCUT2D eigenvalue weighted by Crippen LogP contribution is 2.34. The number of benzene rings is 2. The van der Waals surface area contributed by atoms with Gasteiger partial charge in [0.1, 0.15) is 12.4 Å². The fourth-order valence-electron chi connectivity index (χ4n) is 3.62. The Hall–Kier alpha value is -2.86. The number of nitrogens with zero attached hydrogens (tertiary/aromatic N) is 1. The van der Waals surface area contributed by atoms with Crippen LogP contribution in [-0.4, -0.2) is 36.2 Å². The number of amides is 1. The van der Waals surface area contributed by atoms with Gasteiger partial charge in [-0.3, -0.25) is 4.79 Å². The van der Waals surface area contributed by atoms with E-state index < -0.39 is 0 Å².